The van der Waals surface area contributed by atoms with E-state index in [9.17, 15) is 19.8 Å². The summed E-state index contributed by atoms with van der Waals surface area (Å²) >= 11 is 12.9. The number of aromatic nitrogens is 4. The summed E-state index contributed by atoms with van der Waals surface area (Å²) in [5, 5.41) is 24.7. The van der Waals surface area contributed by atoms with E-state index in [2.05, 4.69) is 92.2 Å². The van der Waals surface area contributed by atoms with Gasteiger partial charge in [-0.25, -0.2) is 29.5 Å². The Balaban J connectivity index is 0.000000174. The summed E-state index contributed by atoms with van der Waals surface area (Å²) in [5.74, 6) is 6.82. The highest BCUT2D eigenvalue weighted by Gasteiger charge is 2.47. The highest BCUT2D eigenvalue weighted by molar-refractivity contribution is 6.31. The first kappa shape index (κ1) is 67.7. The van der Waals surface area contributed by atoms with Crippen molar-refractivity contribution in [2.75, 3.05) is 63.4 Å². The molecule has 0 saturated heterocycles. The lowest BCUT2D eigenvalue weighted by molar-refractivity contribution is 0.0449. The van der Waals surface area contributed by atoms with Gasteiger partial charge < -0.3 is 39.0 Å². The summed E-state index contributed by atoms with van der Waals surface area (Å²) < 4.78 is 23.4. The first-order valence-corrected chi connectivity index (χ1v) is 36.4. The number of carbonyl (C=O) groups is 2. The molecule has 0 radical (unpaired) electrons. The fourth-order valence-electron chi connectivity index (χ4n) is 18.1. The second-order valence-electron chi connectivity index (χ2n) is 29.5. The Hall–Kier alpha value is -6.84. The summed E-state index contributed by atoms with van der Waals surface area (Å²) in [6, 6.07) is 27.6. The Morgan fingerprint density at radius 2 is 0.990 bits per heavy atom. The van der Waals surface area contributed by atoms with Gasteiger partial charge in [0.05, 0.1) is 62.1 Å². The van der Waals surface area contributed by atoms with Gasteiger partial charge in [-0.2, -0.15) is 0 Å². The van der Waals surface area contributed by atoms with Crippen molar-refractivity contribution in [3.63, 3.8) is 0 Å². The minimum atomic E-state index is -0.482. The molecule has 96 heavy (non-hydrogen) atoms. The van der Waals surface area contributed by atoms with E-state index in [1.54, 1.807) is 12.1 Å². The lowest BCUT2D eigenvalue weighted by Crippen LogP contribution is -2.49. The molecule has 2 N–H and O–H groups in total. The topological polar surface area (TPSA) is 170 Å². The van der Waals surface area contributed by atoms with Gasteiger partial charge in [0.25, 0.3) is 0 Å². The number of carbonyl (C=O) groups excluding carboxylic acids is 2. The largest absolute Gasteiger partial charge is 0.490 e. The normalized spacial score (nSPS) is 28.9. The van der Waals surface area contributed by atoms with E-state index in [0.717, 1.165) is 161 Å². The number of aliphatic hydroxyl groups excluding tert-OH is 2. The quantitative estimate of drug-likeness (QED) is 0.0693. The molecule has 4 saturated carbocycles. The number of allylic oxidation sites excluding steroid dienone is 2. The second-order valence-corrected chi connectivity index (χ2v) is 30.3. The van der Waals surface area contributed by atoms with Gasteiger partial charge in [-0.3, -0.25) is 0 Å². The molecule has 6 aliphatic carbocycles. The molecular weight excluding hydrogens is 1240 g/mol. The number of fused-ring (bicyclic) bond motifs is 6. The molecule has 508 valence electrons. The van der Waals surface area contributed by atoms with E-state index in [4.69, 9.17) is 42.1 Å². The van der Waals surface area contributed by atoms with Crippen molar-refractivity contribution in [3.8, 4) is 11.5 Å². The Morgan fingerprint density at radius 1 is 0.562 bits per heavy atom. The van der Waals surface area contributed by atoms with Crippen molar-refractivity contribution in [2.45, 2.75) is 152 Å². The molecular formula is C80H96Cl2N6O8. The van der Waals surface area contributed by atoms with Crippen LogP contribution in [-0.4, -0.2) is 108 Å². The highest BCUT2D eigenvalue weighted by Crippen LogP contribution is 2.50. The number of hydrogen-bond donors (Lipinski definition) is 2. The van der Waals surface area contributed by atoms with Crippen LogP contribution in [0.3, 0.4) is 0 Å². The van der Waals surface area contributed by atoms with Gasteiger partial charge >= 0.3 is 11.9 Å². The van der Waals surface area contributed by atoms with Crippen LogP contribution in [0.5, 0.6) is 11.5 Å². The standard InChI is InChI=1S/2C40H48ClN3O4/c2*1-26-27(6-3-7-28(26)22-38-42-18-5-19-43-38)10-15-36(45)33-13-9-31(33)23-44-24-40(17-4-8-29-20-32(41)12-14-34(29)40)25-48-37-16-11-30(21-35(37)44)39(46)47-2/h2*5,10-12,14-16,18-21,26-28,31,33,36,45H,3-4,6-9,13,17,22-25H2,1-2H3/b2*15-10+/t26-,27-,28-,31+,33-,36+,40+;26-,27-,28-,31-,33+,36-,40-/m10/s1. The molecule has 2 aromatic heterocycles. The van der Waals surface area contributed by atoms with Gasteiger partial charge in [-0.15, -0.1) is 0 Å². The number of methoxy groups -OCH3 is 2. The molecule has 0 bridgehead atoms. The maximum atomic E-state index is 12.6. The van der Waals surface area contributed by atoms with E-state index < -0.39 is 12.2 Å². The molecule has 2 spiro atoms. The molecule has 4 aromatic carbocycles. The maximum Gasteiger partial charge on any atom is 0.337 e. The first-order valence-electron chi connectivity index (χ1n) is 35.7. The Kier molecular flexibility index (Phi) is 21.2. The average Bonchev–Trinajstić information content (AvgIpc) is 1.49. The Bertz CT molecular complexity index is 3500. The van der Waals surface area contributed by atoms with Crippen LogP contribution in [-0.2, 0) is 46.0 Å². The third-order valence-electron chi connectivity index (χ3n) is 24.0. The van der Waals surface area contributed by atoms with E-state index in [1.807, 2.05) is 73.3 Å². The lowest BCUT2D eigenvalue weighted by Gasteiger charge is -2.45. The number of anilines is 2. The zero-order valence-electron chi connectivity index (χ0n) is 56.4. The highest BCUT2D eigenvalue weighted by atomic mass is 35.5. The van der Waals surface area contributed by atoms with E-state index in [0.29, 0.717) is 71.7 Å². The van der Waals surface area contributed by atoms with Crippen molar-refractivity contribution in [3.05, 3.63) is 189 Å². The van der Waals surface area contributed by atoms with Gasteiger partial charge in [-0.1, -0.05) is 86.3 Å². The van der Waals surface area contributed by atoms with E-state index in [1.165, 1.54) is 62.2 Å². The minimum Gasteiger partial charge on any atom is -0.490 e. The molecule has 14 nitrogen and oxygen atoms in total. The lowest BCUT2D eigenvalue weighted by atomic mass is 9.68. The number of aliphatic hydroxyl groups is 2. The van der Waals surface area contributed by atoms with Gasteiger partial charge in [0.2, 0.25) is 0 Å². The Morgan fingerprint density at radius 3 is 1.39 bits per heavy atom. The van der Waals surface area contributed by atoms with Gasteiger partial charge in [0, 0.05) is 84.7 Å². The smallest absolute Gasteiger partial charge is 0.337 e. The van der Waals surface area contributed by atoms with Crippen LogP contribution in [0.4, 0.5) is 11.4 Å². The molecule has 14 rings (SSSR count). The van der Waals surface area contributed by atoms with Crippen LogP contribution < -0.4 is 19.3 Å². The summed E-state index contributed by atoms with van der Waals surface area (Å²) in [6.45, 7) is 8.99. The molecule has 6 aromatic rings. The number of benzene rings is 4. The average molecular weight is 1340 g/mol. The van der Waals surface area contributed by atoms with Gasteiger partial charge in [0.15, 0.2) is 0 Å². The molecule has 8 aliphatic rings. The van der Waals surface area contributed by atoms with Crippen LogP contribution in [0.2, 0.25) is 10.0 Å². The number of halogens is 2. The van der Waals surface area contributed by atoms with Crippen LogP contribution in [0.15, 0.2) is 134 Å². The molecule has 0 amide bonds. The van der Waals surface area contributed by atoms with Crippen molar-refractivity contribution in [1.82, 2.24) is 19.9 Å². The third-order valence-corrected chi connectivity index (χ3v) is 24.4. The summed E-state index contributed by atoms with van der Waals surface area (Å²) in [5.41, 5.74) is 7.73. The fourth-order valence-corrected chi connectivity index (χ4v) is 18.5. The number of hydrogen-bond acceptors (Lipinski definition) is 14. The predicted octanol–water partition coefficient (Wildman–Crippen LogP) is 15.3. The van der Waals surface area contributed by atoms with Gasteiger partial charge in [-0.05, 0) is 244 Å². The zero-order valence-corrected chi connectivity index (χ0v) is 57.9. The van der Waals surface area contributed by atoms with Crippen molar-refractivity contribution in [1.29, 1.82) is 0 Å². The molecule has 4 fully saturated rings. The zero-order chi connectivity index (χ0) is 66.5. The first-order chi connectivity index (χ1) is 46.7. The number of esters is 2. The van der Waals surface area contributed by atoms with E-state index in [-0.39, 0.29) is 34.6 Å². The van der Waals surface area contributed by atoms with Crippen molar-refractivity contribution < 1.29 is 38.7 Å². The summed E-state index contributed by atoms with van der Waals surface area (Å²) in [6.07, 6.45) is 34.5. The van der Waals surface area contributed by atoms with Crippen molar-refractivity contribution >= 4 is 46.5 Å². The van der Waals surface area contributed by atoms with E-state index >= 15 is 0 Å². The summed E-state index contributed by atoms with van der Waals surface area (Å²) in [4.78, 5) is 48.0. The van der Waals surface area contributed by atoms with Crippen LogP contribution in [0.1, 0.15) is 158 Å². The fraction of sp³-hybridized carbons (Fsp3) is 0.525. The third kappa shape index (κ3) is 14.8. The molecule has 0 unspecified atom stereocenters. The van der Waals surface area contributed by atoms with Crippen LogP contribution in [0.25, 0.3) is 0 Å². The summed E-state index contributed by atoms with van der Waals surface area (Å²) in [7, 11) is 2.84. The number of rotatable bonds is 16. The number of nitrogens with zero attached hydrogens (tertiary/aromatic N) is 6. The second kappa shape index (κ2) is 30.1. The minimum absolute atomic E-state index is 0.193. The number of aryl methyl sites for hydroxylation is 2. The predicted molar refractivity (Wildman–Crippen MR) is 377 cm³/mol. The molecule has 4 heterocycles. The number of ether oxygens (including phenoxy) is 4. The monoisotopic (exact) mass is 1340 g/mol. The maximum absolute atomic E-state index is 12.6. The van der Waals surface area contributed by atoms with Crippen molar-refractivity contribution in [2.24, 2.45) is 59.2 Å². The van der Waals surface area contributed by atoms with Crippen LogP contribution in [0, 0.1) is 59.2 Å². The molecule has 2 aliphatic heterocycles. The molecule has 16 heteroatoms. The van der Waals surface area contributed by atoms with Gasteiger partial charge in [0.1, 0.15) is 23.1 Å². The molecule has 14 atom stereocenters. The van der Waals surface area contributed by atoms with Crippen LogP contribution >= 0.6 is 23.2 Å². The SMILES string of the molecule is COC(=O)c1ccc2c(c1)N(C[C@@H]1CC[C@H]1[C@@H](O)/C=C/[C@@H]1CCC[C@@H](Cc3ncccn3)[C@H]1C)C[C@@]1(CCCc3cc(Cl)ccc31)CO2.COC(=O)c1ccc2c(c1)N(C[C@@H]1CC[C@H]1[C@@H](O)/C=C/[C@H]1CCC[C@H](Cc3ncccn3)[C@@H]1C)C[C@@]1(CCCc3cc(Cl)ccc31)CO2. The Labute approximate surface area is 577 Å².